The molecule has 0 radical (unpaired) electrons. The standard InChI is InChI=1S/C13H15FN2/c1-2-16-8-7-11(10-16)9-15-13-5-3-12(14)4-6-13/h3-8,10,15H,2,9H2,1H3. The summed E-state index contributed by atoms with van der Waals surface area (Å²) in [4.78, 5) is 0. The number of anilines is 1. The van der Waals surface area contributed by atoms with Gasteiger partial charge in [-0.3, -0.25) is 0 Å². The summed E-state index contributed by atoms with van der Waals surface area (Å²) in [6, 6.07) is 8.48. The van der Waals surface area contributed by atoms with E-state index in [2.05, 4.69) is 35.3 Å². The molecule has 0 amide bonds. The molecule has 1 N–H and O–H groups in total. The molecule has 0 spiro atoms. The Morgan fingerprint density at radius 1 is 1.19 bits per heavy atom. The second-order valence-electron chi connectivity index (χ2n) is 3.71. The average Bonchev–Trinajstić information content (AvgIpc) is 2.76. The molecule has 0 fully saturated rings. The molecule has 0 saturated heterocycles. The van der Waals surface area contributed by atoms with E-state index >= 15 is 0 Å². The van der Waals surface area contributed by atoms with Gasteiger partial charge in [-0.05, 0) is 42.8 Å². The number of hydrogen-bond acceptors (Lipinski definition) is 1. The van der Waals surface area contributed by atoms with Crippen molar-refractivity contribution in [2.24, 2.45) is 0 Å². The van der Waals surface area contributed by atoms with E-state index in [0.29, 0.717) is 0 Å². The van der Waals surface area contributed by atoms with E-state index in [-0.39, 0.29) is 5.82 Å². The van der Waals surface area contributed by atoms with Crippen molar-refractivity contribution in [3.05, 3.63) is 54.1 Å². The van der Waals surface area contributed by atoms with Crippen molar-refractivity contribution in [1.29, 1.82) is 0 Å². The first kappa shape index (κ1) is 10.7. The minimum absolute atomic E-state index is 0.206. The van der Waals surface area contributed by atoms with E-state index in [1.807, 2.05) is 0 Å². The van der Waals surface area contributed by atoms with Crippen LogP contribution in [0.2, 0.25) is 0 Å². The largest absolute Gasteiger partial charge is 0.381 e. The Bertz CT molecular complexity index is 445. The molecule has 0 aliphatic rings. The highest BCUT2D eigenvalue weighted by atomic mass is 19.1. The summed E-state index contributed by atoms with van der Waals surface area (Å²) in [7, 11) is 0. The van der Waals surface area contributed by atoms with Gasteiger partial charge in [-0.1, -0.05) is 0 Å². The fourth-order valence-electron chi connectivity index (χ4n) is 1.56. The number of hydrogen-bond donors (Lipinski definition) is 1. The molecule has 0 unspecified atom stereocenters. The van der Waals surface area contributed by atoms with E-state index in [4.69, 9.17) is 0 Å². The number of halogens is 1. The van der Waals surface area contributed by atoms with Crippen molar-refractivity contribution >= 4 is 5.69 Å². The molecule has 0 atom stereocenters. The van der Waals surface area contributed by atoms with Crippen LogP contribution in [0.5, 0.6) is 0 Å². The summed E-state index contributed by atoms with van der Waals surface area (Å²) >= 11 is 0. The van der Waals surface area contributed by atoms with Crippen LogP contribution in [0.3, 0.4) is 0 Å². The highest BCUT2D eigenvalue weighted by molar-refractivity contribution is 5.43. The van der Waals surface area contributed by atoms with Crippen molar-refractivity contribution in [1.82, 2.24) is 4.57 Å². The van der Waals surface area contributed by atoms with Crippen molar-refractivity contribution < 1.29 is 4.39 Å². The fourth-order valence-corrected chi connectivity index (χ4v) is 1.56. The third kappa shape index (κ3) is 2.63. The van der Waals surface area contributed by atoms with Gasteiger partial charge >= 0.3 is 0 Å². The van der Waals surface area contributed by atoms with Crippen LogP contribution >= 0.6 is 0 Å². The van der Waals surface area contributed by atoms with Gasteiger partial charge < -0.3 is 9.88 Å². The quantitative estimate of drug-likeness (QED) is 0.833. The van der Waals surface area contributed by atoms with Crippen molar-refractivity contribution in [2.75, 3.05) is 5.32 Å². The zero-order valence-corrected chi connectivity index (χ0v) is 9.28. The molecule has 1 aromatic heterocycles. The fraction of sp³-hybridized carbons (Fsp3) is 0.231. The lowest BCUT2D eigenvalue weighted by Crippen LogP contribution is -1.98. The van der Waals surface area contributed by atoms with Gasteiger partial charge in [-0.25, -0.2) is 4.39 Å². The molecule has 16 heavy (non-hydrogen) atoms. The Morgan fingerprint density at radius 3 is 2.56 bits per heavy atom. The summed E-state index contributed by atoms with van der Waals surface area (Å²) in [5, 5.41) is 3.25. The van der Waals surface area contributed by atoms with Gasteiger partial charge in [0.1, 0.15) is 5.82 Å². The normalized spacial score (nSPS) is 10.4. The molecule has 1 aromatic carbocycles. The summed E-state index contributed by atoms with van der Waals surface area (Å²) in [5.74, 6) is -0.206. The second-order valence-corrected chi connectivity index (χ2v) is 3.71. The van der Waals surface area contributed by atoms with Crippen LogP contribution in [0.15, 0.2) is 42.7 Å². The Morgan fingerprint density at radius 2 is 1.94 bits per heavy atom. The van der Waals surface area contributed by atoms with Gasteiger partial charge in [0.05, 0.1) is 0 Å². The lowest BCUT2D eigenvalue weighted by atomic mass is 10.3. The zero-order chi connectivity index (χ0) is 11.4. The summed E-state index contributed by atoms with van der Waals surface area (Å²) < 4.78 is 14.8. The first-order valence-corrected chi connectivity index (χ1v) is 5.42. The van der Waals surface area contributed by atoms with Gasteiger partial charge in [-0.2, -0.15) is 0 Å². The van der Waals surface area contributed by atoms with Crippen LogP contribution in [0.1, 0.15) is 12.5 Å². The van der Waals surface area contributed by atoms with E-state index < -0.39 is 0 Å². The van der Waals surface area contributed by atoms with Crippen LogP contribution in [-0.4, -0.2) is 4.57 Å². The Hall–Kier alpha value is -1.77. The van der Waals surface area contributed by atoms with Gasteiger partial charge in [0.15, 0.2) is 0 Å². The minimum Gasteiger partial charge on any atom is -0.381 e. The number of aromatic nitrogens is 1. The smallest absolute Gasteiger partial charge is 0.123 e. The summed E-state index contributed by atoms with van der Waals surface area (Å²) in [5.41, 5.74) is 2.16. The molecular weight excluding hydrogens is 203 g/mol. The molecule has 1 heterocycles. The Labute approximate surface area is 94.7 Å². The third-order valence-corrected chi connectivity index (χ3v) is 2.52. The molecule has 0 aliphatic carbocycles. The van der Waals surface area contributed by atoms with E-state index in [1.165, 1.54) is 17.7 Å². The monoisotopic (exact) mass is 218 g/mol. The van der Waals surface area contributed by atoms with Crippen molar-refractivity contribution in [3.8, 4) is 0 Å². The van der Waals surface area contributed by atoms with E-state index in [1.54, 1.807) is 12.1 Å². The maximum Gasteiger partial charge on any atom is 0.123 e. The van der Waals surface area contributed by atoms with Crippen LogP contribution < -0.4 is 5.32 Å². The molecule has 3 heteroatoms. The summed E-state index contributed by atoms with van der Waals surface area (Å²) in [6.45, 7) is 3.85. The van der Waals surface area contributed by atoms with Crippen LogP contribution in [-0.2, 0) is 13.1 Å². The van der Waals surface area contributed by atoms with Crippen LogP contribution in [0, 0.1) is 5.82 Å². The van der Waals surface area contributed by atoms with Crippen LogP contribution in [0.4, 0.5) is 10.1 Å². The number of benzene rings is 1. The highest BCUT2D eigenvalue weighted by Gasteiger charge is 1.96. The predicted octanol–water partition coefficient (Wildman–Crippen LogP) is 3.26. The van der Waals surface area contributed by atoms with Crippen molar-refractivity contribution in [3.63, 3.8) is 0 Å². The Kier molecular flexibility index (Phi) is 3.25. The van der Waals surface area contributed by atoms with Gasteiger partial charge in [0, 0.05) is 31.2 Å². The topological polar surface area (TPSA) is 17.0 Å². The van der Waals surface area contributed by atoms with E-state index in [0.717, 1.165) is 18.8 Å². The molecule has 0 aliphatic heterocycles. The molecule has 2 nitrogen and oxygen atoms in total. The lowest BCUT2D eigenvalue weighted by Gasteiger charge is -2.04. The first-order chi connectivity index (χ1) is 7.78. The maximum absolute atomic E-state index is 12.7. The predicted molar refractivity (Wildman–Crippen MR) is 63.8 cm³/mol. The average molecular weight is 218 g/mol. The van der Waals surface area contributed by atoms with Gasteiger partial charge in [0.2, 0.25) is 0 Å². The number of rotatable bonds is 4. The third-order valence-electron chi connectivity index (χ3n) is 2.52. The minimum atomic E-state index is -0.206. The van der Waals surface area contributed by atoms with Crippen molar-refractivity contribution in [2.45, 2.75) is 20.0 Å². The van der Waals surface area contributed by atoms with Gasteiger partial charge in [-0.15, -0.1) is 0 Å². The molecule has 2 rings (SSSR count). The van der Waals surface area contributed by atoms with Gasteiger partial charge in [0.25, 0.3) is 0 Å². The van der Waals surface area contributed by atoms with E-state index in [9.17, 15) is 4.39 Å². The summed E-state index contributed by atoms with van der Waals surface area (Å²) in [6.07, 6.45) is 4.16. The number of nitrogens with zero attached hydrogens (tertiary/aromatic N) is 1. The Balaban J connectivity index is 1.94. The second kappa shape index (κ2) is 4.84. The zero-order valence-electron chi connectivity index (χ0n) is 9.28. The van der Waals surface area contributed by atoms with Crippen LogP contribution in [0.25, 0.3) is 0 Å². The molecule has 2 aromatic rings. The number of aryl methyl sites for hydroxylation is 1. The molecule has 0 saturated carbocycles. The SMILES string of the molecule is CCn1ccc(CNc2ccc(F)cc2)c1. The highest BCUT2D eigenvalue weighted by Crippen LogP contribution is 2.10. The maximum atomic E-state index is 12.7. The molecular formula is C13H15FN2. The molecule has 0 bridgehead atoms. The number of nitrogens with one attached hydrogen (secondary N) is 1. The molecule has 84 valence electrons. The first-order valence-electron chi connectivity index (χ1n) is 5.42. The lowest BCUT2D eigenvalue weighted by molar-refractivity contribution is 0.628.